The van der Waals surface area contributed by atoms with Gasteiger partial charge >= 0.3 is 6.18 Å². The molecule has 0 fully saturated rings. The number of carbonyl (C=O) groups is 1. The first-order valence-corrected chi connectivity index (χ1v) is 10.1. The average Bonchev–Trinajstić information content (AvgIpc) is 3.27. The molecule has 5 nitrogen and oxygen atoms in total. The second-order valence-electron chi connectivity index (χ2n) is 7.54. The van der Waals surface area contributed by atoms with Crippen LogP contribution in [-0.2, 0) is 6.18 Å². The van der Waals surface area contributed by atoms with Gasteiger partial charge in [-0.15, -0.1) is 0 Å². The summed E-state index contributed by atoms with van der Waals surface area (Å²) in [6.07, 6.45) is 2.31. The number of halogens is 4. The van der Waals surface area contributed by atoms with Crippen molar-refractivity contribution in [2.75, 3.05) is 12.4 Å². The van der Waals surface area contributed by atoms with Crippen LogP contribution in [0.25, 0.3) is 23.2 Å². The lowest BCUT2D eigenvalue weighted by Gasteiger charge is -2.12. The smallest absolute Gasteiger partial charge is 0.416 e. The van der Waals surface area contributed by atoms with Gasteiger partial charge in [0.15, 0.2) is 0 Å². The summed E-state index contributed by atoms with van der Waals surface area (Å²) in [6.45, 7) is 1.85. The monoisotopic (exact) mass is 469 g/mol. The van der Waals surface area contributed by atoms with Gasteiger partial charge in [0, 0.05) is 23.5 Å². The van der Waals surface area contributed by atoms with Crippen molar-refractivity contribution in [3.8, 4) is 5.75 Å². The van der Waals surface area contributed by atoms with Gasteiger partial charge in [-0.25, -0.2) is 9.37 Å². The summed E-state index contributed by atoms with van der Waals surface area (Å²) in [6, 6.07) is 8.49. The van der Waals surface area contributed by atoms with Crippen LogP contribution in [0.5, 0.6) is 5.75 Å². The molecule has 0 unspecified atom stereocenters. The van der Waals surface area contributed by atoms with Crippen molar-refractivity contribution >= 4 is 34.8 Å². The Labute approximate surface area is 192 Å². The third-order valence-corrected chi connectivity index (χ3v) is 5.29. The maximum absolute atomic E-state index is 14.0. The Morgan fingerprint density at radius 3 is 2.59 bits per heavy atom. The number of anilines is 1. The summed E-state index contributed by atoms with van der Waals surface area (Å²) < 4.78 is 58.4. The van der Waals surface area contributed by atoms with E-state index in [9.17, 15) is 22.4 Å². The minimum Gasteiger partial charge on any atom is -0.495 e. The molecule has 2 aromatic heterocycles. The molecule has 0 saturated heterocycles. The molecule has 2 aromatic carbocycles. The molecule has 2 N–H and O–H groups in total. The summed E-state index contributed by atoms with van der Waals surface area (Å²) in [5.41, 5.74) is 1.50. The normalized spacial score (nSPS) is 11.8. The molecule has 0 aliphatic heterocycles. The number of hydrogen-bond donors (Lipinski definition) is 2. The van der Waals surface area contributed by atoms with Crippen molar-refractivity contribution in [3.63, 3.8) is 0 Å². The second-order valence-corrected chi connectivity index (χ2v) is 7.54. The quantitative estimate of drug-likeness (QED) is 0.330. The molecule has 174 valence electrons. The third kappa shape index (κ3) is 4.63. The number of hydrogen-bond acceptors (Lipinski definition) is 3. The van der Waals surface area contributed by atoms with Gasteiger partial charge in [-0.1, -0.05) is 12.1 Å². The maximum Gasteiger partial charge on any atom is 0.416 e. The fourth-order valence-corrected chi connectivity index (χ4v) is 3.48. The van der Waals surface area contributed by atoms with Crippen LogP contribution >= 0.6 is 0 Å². The van der Waals surface area contributed by atoms with E-state index in [0.29, 0.717) is 35.2 Å². The average molecular weight is 469 g/mol. The van der Waals surface area contributed by atoms with Crippen LogP contribution in [0.2, 0.25) is 0 Å². The zero-order valence-corrected chi connectivity index (χ0v) is 18.1. The van der Waals surface area contributed by atoms with Crippen LogP contribution < -0.4 is 10.1 Å². The minimum atomic E-state index is -4.66. The van der Waals surface area contributed by atoms with Gasteiger partial charge in [0.05, 0.1) is 23.7 Å². The van der Waals surface area contributed by atoms with Gasteiger partial charge in [0.2, 0.25) is 0 Å². The van der Waals surface area contributed by atoms with Crippen LogP contribution in [0.4, 0.5) is 23.2 Å². The lowest BCUT2D eigenvalue weighted by molar-refractivity contribution is -0.137. The number of amides is 1. The van der Waals surface area contributed by atoms with E-state index < -0.39 is 29.2 Å². The first kappa shape index (κ1) is 23.0. The molecule has 0 spiro atoms. The number of benzene rings is 2. The van der Waals surface area contributed by atoms with Gasteiger partial charge in [0.25, 0.3) is 5.91 Å². The highest BCUT2D eigenvalue weighted by atomic mass is 19.4. The number of aromatic amines is 1. The molecule has 1 amide bonds. The number of methoxy groups -OCH3 is 1. The Hall–Kier alpha value is -4.14. The van der Waals surface area contributed by atoms with E-state index in [1.54, 1.807) is 43.8 Å². The predicted molar refractivity (Wildman–Crippen MR) is 122 cm³/mol. The Kier molecular flexibility index (Phi) is 6.10. The Morgan fingerprint density at radius 2 is 1.85 bits per heavy atom. The van der Waals surface area contributed by atoms with Crippen molar-refractivity contribution in [1.29, 1.82) is 0 Å². The third-order valence-electron chi connectivity index (χ3n) is 5.29. The summed E-state index contributed by atoms with van der Waals surface area (Å²) in [5, 5.41) is 3.04. The summed E-state index contributed by atoms with van der Waals surface area (Å²) in [4.78, 5) is 20.0. The number of aryl methyl sites for hydroxylation is 1. The number of ether oxygens (including phenoxy) is 1. The van der Waals surface area contributed by atoms with E-state index in [4.69, 9.17) is 4.74 Å². The first-order chi connectivity index (χ1) is 16.2. The maximum atomic E-state index is 14.0. The van der Waals surface area contributed by atoms with E-state index in [0.717, 1.165) is 16.5 Å². The second kappa shape index (κ2) is 9.01. The molecule has 0 aliphatic rings. The molecular weight excluding hydrogens is 450 g/mol. The van der Waals surface area contributed by atoms with Crippen LogP contribution in [0.1, 0.15) is 32.6 Å². The number of nitrogens with one attached hydrogen (secondary N) is 2. The molecule has 2 heterocycles. The van der Waals surface area contributed by atoms with E-state index in [1.807, 2.05) is 13.0 Å². The standard InChI is InChI=1S/C25H19F4N3O2/c1-14-3-4-16(24(33)32-21-12-18(25(27,28)29)7-8-20(21)26)11-15(14)5-6-17-13-31-23-19(9-10-30-23)22(17)34-2/h3-13H,1-2H3,(H,30,31)(H,32,33)/b6-5+. The van der Waals surface area contributed by atoms with E-state index in [1.165, 1.54) is 6.07 Å². The van der Waals surface area contributed by atoms with Crippen LogP contribution in [0.15, 0.2) is 54.9 Å². The van der Waals surface area contributed by atoms with E-state index in [2.05, 4.69) is 15.3 Å². The number of carbonyl (C=O) groups excluding carboxylic acids is 1. The number of fused-ring (bicyclic) bond motifs is 1. The highest BCUT2D eigenvalue weighted by Gasteiger charge is 2.31. The molecule has 9 heteroatoms. The molecule has 0 atom stereocenters. The highest BCUT2D eigenvalue weighted by Crippen LogP contribution is 2.32. The first-order valence-electron chi connectivity index (χ1n) is 10.1. The minimum absolute atomic E-state index is 0.160. The van der Waals surface area contributed by atoms with Crippen molar-refractivity contribution < 1.29 is 27.1 Å². The summed E-state index contributed by atoms with van der Waals surface area (Å²) in [7, 11) is 1.56. The number of aromatic nitrogens is 2. The van der Waals surface area contributed by atoms with Gasteiger partial charge < -0.3 is 15.0 Å². The van der Waals surface area contributed by atoms with E-state index in [-0.39, 0.29) is 5.56 Å². The molecule has 4 aromatic rings. The van der Waals surface area contributed by atoms with Crippen molar-refractivity contribution in [3.05, 3.63) is 88.5 Å². The van der Waals surface area contributed by atoms with Gasteiger partial charge in [-0.05, 0) is 60.5 Å². The fourth-order valence-electron chi connectivity index (χ4n) is 3.48. The van der Waals surface area contributed by atoms with Crippen LogP contribution in [0.3, 0.4) is 0 Å². The lowest BCUT2D eigenvalue weighted by Crippen LogP contribution is -2.14. The zero-order valence-electron chi connectivity index (χ0n) is 18.1. The molecular formula is C25H19F4N3O2. The summed E-state index contributed by atoms with van der Waals surface area (Å²) in [5.74, 6) is -1.07. The van der Waals surface area contributed by atoms with Gasteiger partial charge in [-0.3, -0.25) is 4.79 Å². The Morgan fingerprint density at radius 1 is 1.09 bits per heavy atom. The SMILES string of the molecule is COc1c(/C=C/c2cc(C(=O)Nc3cc(C(F)(F)F)ccc3F)ccc2C)cnc2[nH]ccc12. The molecule has 0 aliphatic carbocycles. The molecule has 0 bridgehead atoms. The Balaban J connectivity index is 1.61. The van der Waals surface area contributed by atoms with Crippen LogP contribution in [-0.4, -0.2) is 23.0 Å². The number of rotatable bonds is 5. The van der Waals surface area contributed by atoms with Crippen LogP contribution in [0, 0.1) is 12.7 Å². The number of nitrogens with zero attached hydrogens (tertiary/aromatic N) is 1. The fraction of sp³-hybridized carbons (Fsp3) is 0.120. The molecule has 34 heavy (non-hydrogen) atoms. The topological polar surface area (TPSA) is 67.0 Å². The molecule has 0 saturated carbocycles. The number of alkyl halides is 3. The number of pyridine rings is 1. The lowest BCUT2D eigenvalue weighted by atomic mass is 10.0. The number of H-pyrrole nitrogens is 1. The predicted octanol–water partition coefficient (Wildman–Crippen LogP) is 6.46. The highest BCUT2D eigenvalue weighted by molar-refractivity contribution is 6.05. The largest absolute Gasteiger partial charge is 0.495 e. The van der Waals surface area contributed by atoms with Crippen molar-refractivity contribution in [2.24, 2.45) is 0 Å². The molecule has 0 radical (unpaired) electrons. The van der Waals surface area contributed by atoms with Crippen molar-refractivity contribution in [2.45, 2.75) is 13.1 Å². The molecule has 4 rings (SSSR count). The van der Waals surface area contributed by atoms with Gasteiger partial charge in [-0.2, -0.15) is 13.2 Å². The van der Waals surface area contributed by atoms with E-state index >= 15 is 0 Å². The zero-order chi connectivity index (χ0) is 24.5. The Bertz CT molecular complexity index is 1410. The van der Waals surface area contributed by atoms with Crippen molar-refractivity contribution in [1.82, 2.24) is 9.97 Å². The van der Waals surface area contributed by atoms with Gasteiger partial charge in [0.1, 0.15) is 17.2 Å². The summed E-state index contributed by atoms with van der Waals surface area (Å²) >= 11 is 0.